The van der Waals surface area contributed by atoms with E-state index >= 15 is 0 Å². The summed E-state index contributed by atoms with van der Waals surface area (Å²) in [6.07, 6.45) is 1.76. The molecule has 1 heterocycles. The molecule has 1 atom stereocenters. The van der Waals surface area contributed by atoms with Crippen molar-refractivity contribution >= 4 is 33.8 Å². The summed E-state index contributed by atoms with van der Waals surface area (Å²) < 4.78 is 0.519. The highest BCUT2D eigenvalue weighted by Crippen LogP contribution is 2.36. The maximum Gasteiger partial charge on any atom is 0.330 e. The van der Waals surface area contributed by atoms with Gasteiger partial charge in [0.25, 0.3) is 0 Å². The molecular formula is C11H13BrN2O3. The Kier molecular flexibility index (Phi) is 3.87. The van der Waals surface area contributed by atoms with Crippen molar-refractivity contribution in [2.24, 2.45) is 5.41 Å². The van der Waals surface area contributed by atoms with Crippen LogP contribution in [0.2, 0.25) is 0 Å². The predicted octanol–water partition coefficient (Wildman–Crippen LogP) is 1.56. The minimum atomic E-state index is -1.33. The standard InChI is InChI=1S/C11H13BrN2O3/c1-4-5-11(6-7(2)12)8(15)13-10(17)14(3)9(11)16/h4H,1-2,5-6H2,3H3,(H,13,15,17). The molecule has 0 aromatic rings. The zero-order chi connectivity index (χ0) is 13.2. The number of nitrogens with zero attached hydrogens (tertiary/aromatic N) is 1. The summed E-state index contributed by atoms with van der Waals surface area (Å²) in [4.78, 5) is 36.3. The van der Waals surface area contributed by atoms with Crippen LogP contribution < -0.4 is 5.32 Å². The molecule has 0 bridgehead atoms. The van der Waals surface area contributed by atoms with Gasteiger partial charge >= 0.3 is 6.03 Å². The summed E-state index contributed by atoms with van der Waals surface area (Å²) in [5.41, 5.74) is -1.33. The van der Waals surface area contributed by atoms with Gasteiger partial charge in [0.15, 0.2) is 0 Å². The van der Waals surface area contributed by atoms with Crippen molar-refractivity contribution in [3.8, 4) is 0 Å². The molecule has 0 radical (unpaired) electrons. The Labute approximate surface area is 108 Å². The number of carbonyl (C=O) groups excluding carboxylic acids is 3. The number of rotatable bonds is 4. The van der Waals surface area contributed by atoms with E-state index in [2.05, 4.69) is 34.4 Å². The number of amides is 4. The van der Waals surface area contributed by atoms with Crippen molar-refractivity contribution in [2.45, 2.75) is 12.8 Å². The Bertz CT molecular complexity index is 419. The largest absolute Gasteiger partial charge is 0.330 e. The fraction of sp³-hybridized carbons (Fsp3) is 0.364. The Hall–Kier alpha value is -1.43. The Morgan fingerprint density at radius 1 is 1.53 bits per heavy atom. The second-order valence-electron chi connectivity index (χ2n) is 3.89. The fourth-order valence-corrected chi connectivity index (χ4v) is 2.27. The molecule has 1 aliphatic rings. The minimum Gasteiger partial charge on any atom is -0.277 e. The van der Waals surface area contributed by atoms with E-state index in [1.807, 2.05) is 0 Å². The third-order valence-electron chi connectivity index (χ3n) is 2.66. The first kappa shape index (κ1) is 13.6. The van der Waals surface area contributed by atoms with Gasteiger partial charge in [-0.15, -0.1) is 6.58 Å². The van der Waals surface area contributed by atoms with Crippen molar-refractivity contribution in [2.75, 3.05) is 7.05 Å². The van der Waals surface area contributed by atoms with Gasteiger partial charge in [0.1, 0.15) is 5.41 Å². The van der Waals surface area contributed by atoms with Gasteiger partial charge in [-0.2, -0.15) is 0 Å². The van der Waals surface area contributed by atoms with Crippen LogP contribution in [0.3, 0.4) is 0 Å². The summed E-state index contributed by atoms with van der Waals surface area (Å²) in [5.74, 6) is -1.14. The van der Waals surface area contributed by atoms with Crippen LogP contribution in [0.1, 0.15) is 12.8 Å². The molecule has 1 N–H and O–H groups in total. The van der Waals surface area contributed by atoms with Crippen LogP contribution in [0, 0.1) is 5.41 Å². The van der Waals surface area contributed by atoms with Gasteiger partial charge in [-0.25, -0.2) is 4.79 Å². The highest BCUT2D eigenvalue weighted by molar-refractivity contribution is 9.11. The Balaban J connectivity index is 3.21. The van der Waals surface area contributed by atoms with Gasteiger partial charge in [0.2, 0.25) is 11.8 Å². The number of urea groups is 1. The summed E-state index contributed by atoms with van der Waals surface area (Å²) in [5, 5.41) is 2.16. The molecule has 1 aliphatic heterocycles. The smallest absolute Gasteiger partial charge is 0.277 e. The lowest BCUT2D eigenvalue weighted by Crippen LogP contribution is -2.62. The average Bonchev–Trinajstić information content (AvgIpc) is 2.23. The molecule has 17 heavy (non-hydrogen) atoms. The van der Waals surface area contributed by atoms with Crippen LogP contribution in [-0.4, -0.2) is 29.8 Å². The Morgan fingerprint density at radius 2 is 2.12 bits per heavy atom. The van der Waals surface area contributed by atoms with E-state index in [4.69, 9.17) is 0 Å². The molecule has 6 heteroatoms. The van der Waals surface area contributed by atoms with Gasteiger partial charge in [-0.3, -0.25) is 19.8 Å². The van der Waals surface area contributed by atoms with Crippen LogP contribution in [0.25, 0.3) is 0 Å². The molecule has 0 aromatic heterocycles. The average molecular weight is 301 g/mol. The number of carbonyl (C=O) groups is 3. The lowest BCUT2D eigenvalue weighted by Gasteiger charge is -2.37. The molecule has 0 spiro atoms. The van der Waals surface area contributed by atoms with Crippen LogP contribution >= 0.6 is 15.9 Å². The van der Waals surface area contributed by atoms with Crippen LogP contribution in [0.15, 0.2) is 23.7 Å². The second kappa shape index (κ2) is 4.83. The molecule has 92 valence electrons. The lowest BCUT2D eigenvalue weighted by atomic mass is 9.77. The van der Waals surface area contributed by atoms with Crippen LogP contribution in [0.5, 0.6) is 0 Å². The molecule has 1 unspecified atom stereocenters. The van der Waals surface area contributed by atoms with E-state index in [0.717, 1.165) is 4.90 Å². The van der Waals surface area contributed by atoms with E-state index < -0.39 is 23.3 Å². The van der Waals surface area contributed by atoms with Crippen molar-refractivity contribution in [1.82, 2.24) is 10.2 Å². The fourth-order valence-electron chi connectivity index (χ4n) is 1.79. The van der Waals surface area contributed by atoms with Gasteiger partial charge in [0, 0.05) is 13.5 Å². The quantitative estimate of drug-likeness (QED) is 0.633. The van der Waals surface area contributed by atoms with Crippen LogP contribution in [-0.2, 0) is 9.59 Å². The van der Waals surface area contributed by atoms with Gasteiger partial charge in [-0.1, -0.05) is 28.6 Å². The number of hydrogen-bond donors (Lipinski definition) is 1. The number of nitrogens with one attached hydrogen (secondary N) is 1. The van der Waals surface area contributed by atoms with E-state index in [0.29, 0.717) is 4.48 Å². The summed E-state index contributed by atoms with van der Waals surface area (Å²) >= 11 is 3.14. The lowest BCUT2D eigenvalue weighted by molar-refractivity contribution is -0.150. The minimum absolute atomic E-state index is 0.126. The molecule has 1 saturated heterocycles. The number of allylic oxidation sites excluding steroid dienone is 2. The van der Waals surface area contributed by atoms with E-state index in [-0.39, 0.29) is 12.8 Å². The number of halogens is 1. The van der Waals surface area contributed by atoms with E-state index in [1.54, 1.807) is 0 Å². The normalized spacial score (nSPS) is 24.6. The SMILES string of the molecule is C=CCC1(CC(=C)Br)C(=O)NC(=O)N(C)C1=O. The third kappa shape index (κ3) is 2.31. The van der Waals surface area contributed by atoms with Crippen molar-refractivity contribution < 1.29 is 14.4 Å². The monoisotopic (exact) mass is 300 g/mol. The summed E-state index contributed by atoms with van der Waals surface area (Å²) in [6, 6.07) is -0.708. The molecule has 0 saturated carbocycles. The summed E-state index contributed by atoms with van der Waals surface area (Å²) in [6.45, 7) is 7.18. The third-order valence-corrected chi connectivity index (χ3v) is 2.94. The molecule has 5 nitrogen and oxygen atoms in total. The van der Waals surface area contributed by atoms with Gasteiger partial charge in [0.05, 0.1) is 0 Å². The number of hydrogen-bond acceptors (Lipinski definition) is 3. The first-order valence-electron chi connectivity index (χ1n) is 4.93. The number of imide groups is 2. The first-order valence-corrected chi connectivity index (χ1v) is 5.72. The molecule has 4 amide bonds. The maximum absolute atomic E-state index is 12.1. The zero-order valence-corrected chi connectivity index (χ0v) is 11.0. The van der Waals surface area contributed by atoms with E-state index in [1.165, 1.54) is 13.1 Å². The predicted molar refractivity (Wildman–Crippen MR) is 66.2 cm³/mol. The van der Waals surface area contributed by atoms with Crippen molar-refractivity contribution in [1.29, 1.82) is 0 Å². The highest BCUT2D eigenvalue weighted by atomic mass is 79.9. The highest BCUT2D eigenvalue weighted by Gasteiger charge is 2.51. The first-order chi connectivity index (χ1) is 7.85. The van der Waals surface area contributed by atoms with Crippen LogP contribution in [0.4, 0.5) is 4.79 Å². The van der Waals surface area contributed by atoms with E-state index in [9.17, 15) is 14.4 Å². The second-order valence-corrected chi connectivity index (χ2v) is 5.01. The molecule has 1 fully saturated rings. The molecule has 0 aliphatic carbocycles. The van der Waals surface area contributed by atoms with Crippen molar-refractivity contribution in [3.05, 3.63) is 23.7 Å². The Morgan fingerprint density at radius 3 is 2.59 bits per heavy atom. The van der Waals surface area contributed by atoms with Gasteiger partial charge < -0.3 is 0 Å². The number of barbiturate groups is 1. The molecular weight excluding hydrogens is 288 g/mol. The molecule has 1 rings (SSSR count). The van der Waals surface area contributed by atoms with Crippen molar-refractivity contribution in [3.63, 3.8) is 0 Å². The van der Waals surface area contributed by atoms with Gasteiger partial charge in [-0.05, 0) is 10.9 Å². The topological polar surface area (TPSA) is 66.5 Å². The summed E-state index contributed by atoms with van der Waals surface area (Å²) in [7, 11) is 1.33. The molecule has 0 aromatic carbocycles. The zero-order valence-electron chi connectivity index (χ0n) is 9.46. The maximum atomic E-state index is 12.1.